The molecule has 0 fully saturated rings. The normalized spacial score (nSPS) is 14.4. The number of nitrogens with zero attached hydrogens (tertiary/aromatic N) is 2. The molecule has 4 nitrogen and oxygen atoms in total. The zero-order valence-corrected chi connectivity index (χ0v) is 8.77. The summed E-state index contributed by atoms with van der Waals surface area (Å²) in [6.45, 7) is 2.11. The van der Waals surface area contributed by atoms with Gasteiger partial charge in [0.25, 0.3) is 0 Å². The van der Waals surface area contributed by atoms with E-state index in [4.69, 9.17) is 11.6 Å². The van der Waals surface area contributed by atoms with Gasteiger partial charge >= 0.3 is 0 Å². The Labute approximate surface area is 78.4 Å². The van der Waals surface area contributed by atoms with E-state index in [0.29, 0.717) is 12.0 Å². The second-order valence-electron chi connectivity index (χ2n) is 2.73. The first-order valence-corrected chi connectivity index (χ1v) is 5.28. The van der Waals surface area contributed by atoms with Gasteiger partial charge in [0.05, 0.1) is 0 Å². The van der Waals surface area contributed by atoms with Crippen molar-refractivity contribution in [2.24, 2.45) is 16.7 Å². The highest BCUT2D eigenvalue weighted by atomic mass is 32.2. The first-order chi connectivity index (χ1) is 5.63. The van der Waals surface area contributed by atoms with Crippen molar-refractivity contribution in [3.8, 4) is 0 Å². The van der Waals surface area contributed by atoms with Crippen LogP contribution in [-0.4, -0.2) is 36.0 Å². The van der Waals surface area contributed by atoms with E-state index < -0.39 is 0 Å². The fourth-order valence-electron chi connectivity index (χ4n) is 0.799. The molecule has 0 aliphatic carbocycles. The van der Waals surface area contributed by atoms with Gasteiger partial charge in [-0.1, -0.05) is 0 Å². The lowest BCUT2D eigenvalue weighted by Gasteiger charge is -2.24. The largest absolute Gasteiger partial charge is 0.368 e. The predicted octanol–water partition coefficient (Wildman–Crippen LogP) is 0.248. The van der Waals surface area contributed by atoms with E-state index in [-0.39, 0.29) is 0 Å². The van der Waals surface area contributed by atoms with Gasteiger partial charge < -0.3 is 16.5 Å². The Kier molecular flexibility index (Phi) is 5.70. The van der Waals surface area contributed by atoms with E-state index in [1.54, 1.807) is 0 Å². The Morgan fingerprint density at radius 2 is 2.25 bits per heavy atom. The van der Waals surface area contributed by atoms with Crippen LogP contribution < -0.4 is 11.6 Å². The van der Waals surface area contributed by atoms with Crippen LogP contribution in [-0.2, 0) is 0 Å². The van der Waals surface area contributed by atoms with Crippen molar-refractivity contribution < 1.29 is 0 Å². The van der Waals surface area contributed by atoms with Crippen LogP contribution in [0.5, 0.6) is 0 Å². The second kappa shape index (κ2) is 5.99. The molecule has 12 heavy (non-hydrogen) atoms. The summed E-state index contributed by atoms with van der Waals surface area (Å²) in [7, 11) is 1.90. The van der Waals surface area contributed by atoms with Gasteiger partial charge in [-0.25, -0.2) is 0 Å². The van der Waals surface area contributed by atoms with Crippen molar-refractivity contribution in [2.75, 3.05) is 19.1 Å². The van der Waals surface area contributed by atoms with Crippen LogP contribution in [0, 0.1) is 0 Å². The van der Waals surface area contributed by atoms with E-state index >= 15 is 0 Å². The number of hydrogen-bond acceptors (Lipinski definition) is 3. The molecule has 0 heterocycles. The highest BCUT2D eigenvalue weighted by Crippen LogP contribution is 2.04. The highest BCUT2D eigenvalue weighted by molar-refractivity contribution is 7.98. The topological polar surface area (TPSA) is 67.6 Å². The van der Waals surface area contributed by atoms with Crippen LogP contribution in [0.3, 0.4) is 0 Å². The molecule has 0 radical (unpaired) electrons. The predicted molar refractivity (Wildman–Crippen MR) is 56.0 cm³/mol. The molecule has 0 aliphatic rings. The average Bonchev–Trinajstić information content (AvgIpc) is 2.11. The summed E-state index contributed by atoms with van der Waals surface area (Å²) in [5.74, 6) is 6.58. The Hall–Kier alpha value is -0.580. The zero-order valence-electron chi connectivity index (χ0n) is 7.95. The Bertz CT molecular complexity index is 148. The Morgan fingerprint density at radius 3 is 2.67 bits per heavy atom. The lowest BCUT2D eigenvalue weighted by atomic mass is 10.2. The summed E-state index contributed by atoms with van der Waals surface area (Å²) in [6.07, 6.45) is 3.18. The van der Waals surface area contributed by atoms with Gasteiger partial charge in [-0.15, -0.1) is 5.10 Å². The second-order valence-corrected chi connectivity index (χ2v) is 3.71. The molecule has 5 heteroatoms. The molecule has 0 aliphatic heterocycles. The molecule has 4 N–H and O–H groups in total. The third-order valence-electron chi connectivity index (χ3n) is 1.89. The van der Waals surface area contributed by atoms with Gasteiger partial charge in [-0.2, -0.15) is 11.8 Å². The van der Waals surface area contributed by atoms with E-state index in [1.165, 1.54) is 0 Å². The maximum Gasteiger partial charge on any atom is 0.213 e. The number of thioether (sulfide) groups is 1. The Morgan fingerprint density at radius 1 is 1.67 bits per heavy atom. The van der Waals surface area contributed by atoms with Crippen molar-refractivity contribution in [3.63, 3.8) is 0 Å². The number of guanidine groups is 1. The maximum absolute atomic E-state index is 5.53. The molecular weight excluding hydrogens is 172 g/mol. The first-order valence-electron chi connectivity index (χ1n) is 3.88. The molecular formula is C7H18N4S. The number of rotatable bonds is 4. The minimum Gasteiger partial charge on any atom is -0.368 e. The molecule has 0 saturated carbocycles. The SMILES string of the molecule is CSCCC(C)N(C)C(N)=NN. The van der Waals surface area contributed by atoms with Crippen molar-refractivity contribution in [1.82, 2.24) is 4.90 Å². The molecule has 0 spiro atoms. The molecule has 0 aromatic heterocycles. The van der Waals surface area contributed by atoms with Crippen molar-refractivity contribution >= 4 is 17.7 Å². The first kappa shape index (κ1) is 11.4. The van der Waals surface area contributed by atoms with E-state index in [2.05, 4.69) is 18.3 Å². The van der Waals surface area contributed by atoms with Gasteiger partial charge in [0, 0.05) is 13.1 Å². The van der Waals surface area contributed by atoms with Crippen LogP contribution in [0.15, 0.2) is 5.10 Å². The summed E-state index contributed by atoms with van der Waals surface area (Å²) in [5.41, 5.74) is 5.53. The molecule has 0 rings (SSSR count). The summed E-state index contributed by atoms with van der Waals surface area (Å²) in [5, 5.41) is 3.43. The fraction of sp³-hybridized carbons (Fsp3) is 0.857. The smallest absolute Gasteiger partial charge is 0.213 e. The summed E-state index contributed by atoms with van der Waals surface area (Å²) < 4.78 is 0. The number of hydrazone groups is 1. The zero-order chi connectivity index (χ0) is 9.56. The lowest BCUT2D eigenvalue weighted by Crippen LogP contribution is -2.41. The molecule has 72 valence electrons. The van der Waals surface area contributed by atoms with E-state index in [1.807, 2.05) is 23.7 Å². The third kappa shape index (κ3) is 3.71. The van der Waals surface area contributed by atoms with Gasteiger partial charge in [-0.05, 0) is 25.4 Å². The monoisotopic (exact) mass is 190 g/mol. The van der Waals surface area contributed by atoms with Crippen LogP contribution in [0.1, 0.15) is 13.3 Å². The van der Waals surface area contributed by atoms with Crippen molar-refractivity contribution in [1.29, 1.82) is 0 Å². The standard InChI is InChI=1S/C7H18N4S/c1-6(4-5-12-3)11(2)7(8)10-9/h6H,4-5,9H2,1-3H3,(H2,8,10). The molecule has 0 aromatic rings. The van der Waals surface area contributed by atoms with Crippen LogP contribution in [0.25, 0.3) is 0 Å². The summed E-state index contributed by atoms with van der Waals surface area (Å²) in [4.78, 5) is 1.89. The van der Waals surface area contributed by atoms with E-state index in [0.717, 1.165) is 12.2 Å². The molecule has 1 unspecified atom stereocenters. The van der Waals surface area contributed by atoms with Gasteiger partial charge in [0.15, 0.2) is 0 Å². The molecule has 0 amide bonds. The minimum atomic E-state index is 0.392. The van der Waals surface area contributed by atoms with Gasteiger partial charge in [-0.3, -0.25) is 0 Å². The quantitative estimate of drug-likeness (QED) is 0.288. The fourth-order valence-corrected chi connectivity index (χ4v) is 1.38. The van der Waals surface area contributed by atoms with Gasteiger partial charge in [0.2, 0.25) is 5.96 Å². The van der Waals surface area contributed by atoms with Crippen molar-refractivity contribution in [2.45, 2.75) is 19.4 Å². The lowest BCUT2D eigenvalue weighted by molar-refractivity contribution is 0.378. The molecule has 0 bridgehead atoms. The minimum absolute atomic E-state index is 0.392. The average molecular weight is 190 g/mol. The van der Waals surface area contributed by atoms with E-state index in [9.17, 15) is 0 Å². The summed E-state index contributed by atoms with van der Waals surface area (Å²) >= 11 is 1.83. The maximum atomic E-state index is 5.53. The van der Waals surface area contributed by atoms with Crippen LogP contribution >= 0.6 is 11.8 Å². The number of nitrogens with two attached hydrogens (primary N) is 2. The van der Waals surface area contributed by atoms with Crippen LogP contribution in [0.2, 0.25) is 0 Å². The number of hydrogen-bond donors (Lipinski definition) is 2. The highest BCUT2D eigenvalue weighted by Gasteiger charge is 2.09. The molecule has 0 aromatic carbocycles. The Balaban J connectivity index is 3.83. The molecule has 0 saturated heterocycles. The third-order valence-corrected chi connectivity index (χ3v) is 2.54. The van der Waals surface area contributed by atoms with Crippen molar-refractivity contribution in [3.05, 3.63) is 0 Å². The van der Waals surface area contributed by atoms with Gasteiger partial charge in [0.1, 0.15) is 0 Å². The summed E-state index contributed by atoms with van der Waals surface area (Å²) in [6, 6.07) is 0.393. The molecule has 1 atom stereocenters. The van der Waals surface area contributed by atoms with Crippen LogP contribution in [0.4, 0.5) is 0 Å².